The summed E-state index contributed by atoms with van der Waals surface area (Å²) in [6.07, 6.45) is 1.26. The van der Waals surface area contributed by atoms with Crippen molar-refractivity contribution in [2.24, 2.45) is 0 Å². The molecule has 0 aromatic heterocycles. The highest BCUT2D eigenvalue weighted by molar-refractivity contribution is 8.01. The predicted molar refractivity (Wildman–Crippen MR) is 87.0 cm³/mol. The van der Waals surface area contributed by atoms with E-state index >= 15 is 0 Å². The van der Waals surface area contributed by atoms with Gasteiger partial charge in [-0.2, -0.15) is 0 Å². The lowest BCUT2D eigenvalue weighted by atomic mass is 10.2. The Morgan fingerprint density at radius 2 is 2.14 bits per heavy atom. The van der Waals surface area contributed by atoms with E-state index in [2.05, 4.69) is 0 Å². The molecular weight excluding hydrogens is 345 g/mol. The number of benzene rings is 1. The molecule has 22 heavy (non-hydrogen) atoms. The van der Waals surface area contributed by atoms with E-state index in [0.717, 1.165) is 6.42 Å². The fourth-order valence-electron chi connectivity index (χ4n) is 2.90. The van der Waals surface area contributed by atoms with Gasteiger partial charge in [-0.3, -0.25) is 4.79 Å². The van der Waals surface area contributed by atoms with Crippen molar-refractivity contribution in [1.29, 1.82) is 0 Å². The highest BCUT2D eigenvalue weighted by Crippen LogP contribution is 2.47. The van der Waals surface area contributed by atoms with Crippen LogP contribution in [0, 0.1) is 0 Å². The van der Waals surface area contributed by atoms with E-state index in [-0.39, 0.29) is 17.4 Å². The van der Waals surface area contributed by atoms with Crippen molar-refractivity contribution in [3.05, 3.63) is 33.8 Å². The molecular formula is C15H15Cl2NO3S. The van der Waals surface area contributed by atoms with Crippen LogP contribution in [-0.2, 0) is 20.9 Å². The highest BCUT2D eigenvalue weighted by atomic mass is 35.5. The molecule has 2 fully saturated rings. The van der Waals surface area contributed by atoms with Gasteiger partial charge < -0.3 is 9.64 Å². The zero-order valence-electron chi connectivity index (χ0n) is 12.0. The maximum Gasteiger partial charge on any atom is 0.330 e. The van der Waals surface area contributed by atoms with Crippen molar-refractivity contribution < 1.29 is 14.3 Å². The monoisotopic (exact) mass is 359 g/mol. The van der Waals surface area contributed by atoms with Gasteiger partial charge in [-0.1, -0.05) is 29.3 Å². The molecule has 2 saturated heterocycles. The molecule has 2 aliphatic heterocycles. The number of rotatable bonds is 3. The van der Waals surface area contributed by atoms with Crippen LogP contribution in [0.1, 0.15) is 25.3 Å². The smallest absolute Gasteiger partial charge is 0.330 e. The van der Waals surface area contributed by atoms with Crippen molar-refractivity contribution in [3.8, 4) is 0 Å². The Kier molecular flexibility index (Phi) is 4.32. The molecule has 7 heteroatoms. The molecule has 2 heterocycles. The van der Waals surface area contributed by atoms with Crippen LogP contribution in [0.5, 0.6) is 0 Å². The number of esters is 1. The molecule has 0 unspecified atom stereocenters. The van der Waals surface area contributed by atoms with Gasteiger partial charge in [-0.25, -0.2) is 4.79 Å². The number of thioether (sulfide) groups is 1. The summed E-state index contributed by atoms with van der Waals surface area (Å²) in [5.74, 6) is 0.185. The normalized spacial score (nSPS) is 27.1. The topological polar surface area (TPSA) is 46.6 Å². The number of nitrogens with zero attached hydrogens (tertiary/aromatic N) is 1. The van der Waals surface area contributed by atoms with Crippen molar-refractivity contribution in [2.75, 3.05) is 5.75 Å². The molecule has 2 aliphatic rings. The lowest BCUT2D eigenvalue weighted by Gasteiger charge is -2.29. The van der Waals surface area contributed by atoms with Crippen LogP contribution in [0.4, 0.5) is 0 Å². The summed E-state index contributed by atoms with van der Waals surface area (Å²) in [4.78, 5) is 25.8. The molecule has 3 rings (SSSR count). The second-order valence-electron chi connectivity index (χ2n) is 5.57. The molecule has 0 N–H and O–H groups in total. The van der Waals surface area contributed by atoms with Gasteiger partial charge >= 0.3 is 5.97 Å². The summed E-state index contributed by atoms with van der Waals surface area (Å²) >= 11 is 13.8. The molecule has 0 aliphatic carbocycles. The van der Waals surface area contributed by atoms with Crippen molar-refractivity contribution in [2.45, 2.75) is 37.3 Å². The lowest BCUT2D eigenvalue weighted by molar-refractivity contribution is -0.154. The van der Waals surface area contributed by atoms with E-state index < -0.39 is 12.0 Å². The van der Waals surface area contributed by atoms with E-state index in [1.807, 2.05) is 6.92 Å². The number of amides is 1. The summed E-state index contributed by atoms with van der Waals surface area (Å²) in [6.45, 7) is 2.01. The number of ether oxygens (including phenoxy) is 1. The van der Waals surface area contributed by atoms with E-state index in [1.165, 1.54) is 0 Å². The van der Waals surface area contributed by atoms with Gasteiger partial charge in [0, 0.05) is 27.8 Å². The molecule has 0 bridgehead atoms. The first kappa shape index (κ1) is 16.0. The highest BCUT2D eigenvalue weighted by Gasteiger charge is 2.53. The van der Waals surface area contributed by atoms with Crippen LogP contribution in [0.25, 0.3) is 0 Å². The maximum atomic E-state index is 12.4. The van der Waals surface area contributed by atoms with Crippen LogP contribution in [0.2, 0.25) is 10.0 Å². The average molecular weight is 360 g/mol. The average Bonchev–Trinajstić information content (AvgIpc) is 2.95. The van der Waals surface area contributed by atoms with Gasteiger partial charge in [-0.15, -0.1) is 11.8 Å². The Labute approximate surface area is 143 Å². The number of hydrogen-bond acceptors (Lipinski definition) is 4. The SMILES string of the molecule is C[C@@]12CCC(=O)N1[C@@H](C(=O)OCc1c(Cl)cccc1Cl)CS2. The zero-order chi connectivity index (χ0) is 15.9. The summed E-state index contributed by atoms with van der Waals surface area (Å²) < 4.78 is 5.36. The van der Waals surface area contributed by atoms with E-state index in [1.54, 1.807) is 34.9 Å². The van der Waals surface area contributed by atoms with E-state index in [4.69, 9.17) is 27.9 Å². The molecule has 2 atom stereocenters. The number of carbonyl (C=O) groups is 2. The van der Waals surface area contributed by atoms with Crippen molar-refractivity contribution >= 4 is 46.8 Å². The molecule has 1 aromatic rings. The lowest BCUT2D eigenvalue weighted by Crippen LogP contribution is -2.46. The first-order chi connectivity index (χ1) is 10.4. The Morgan fingerprint density at radius 1 is 1.45 bits per heavy atom. The van der Waals surface area contributed by atoms with E-state index in [9.17, 15) is 9.59 Å². The number of fused-ring (bicyclic) bond motifs is 1. The molecule has 1 aromatic carbocycles. The molecule has 118 valence electrons. The van der Waals surface area contributed by atoms with Gasteiger partial charge in [0.1, 0.15) is 12.6 Å². The second-order valence-corrected chi connectivity index (χ2v) is 7.89. The van der Waals surface area contributed by atoms with Gasteiger partial charge in [-0.05, 0) is 25.5 Å². The minimum absolute atomic E-state index is 0.0112. The van der Waals surface area contributed by atoms with Gasteiger partial charge in [0.2, 0.25) is 5.91 Å². The number of hydrogen-bond donors (Lipinski definition) is 0. The third-order valence-electron chi connectivity index (χ3n) is 4.14. The molecule has 0 spiro atoms. The maximum absolute atomic E-state index is 12.4. The molecule has 0 saturated carbocycles. The van der Waals surface area contributed by atoms with Crippen LogP contribution in [-0.4, -0.2) is 33.4 Å². The standard InChI is InChI=1S/C15H15Cl2NO3S/c1-15-6-5-13(19)18(15)12(8-22-15)14(20)21-7-9-10(16)3-2-4-11(9)17/h2-4,12H,5-8H2,1H3/t12-,15-/m1/s1. The Bertz CT molecular complexity index is 619. The third kappa shape index (κ3) is 2.70. The van der Waals surface area contributed by atoms with Gasteiger partial charge in [0.15, 0.2) is 0 Å². The minimum atomic E-state index is -0.522. The van der Waals surface area contributed by atoms with Crippen LogP contribution in [0.15, 0.2) is 18.2 Å². The summed E-state index contributed by atoms with van der Waals surface area (Å²) in [6, 6.07) is 4.61. The summed E-state index contributed by atoms with van der Waals surface area (Å²) in [5.41, 5.74) is 0.584. The Hall–Kier alpha value is -0.910. The molecule has 0 radical (unpaired) electrons. The third-order valence-corrected chi connectivity index (χ3v) is 6.35. The predicted octanol–water partition coefficient (Wildman–Crippen LogP) is 3.49. The fourth-order valence-corrected chi connectivity index (χ4v) is 4.83. The first-order valence-electron chi connectivity index (χ1n) is 6.98. The molecule has 1 amide bonds. The van der Waals surface area contributed by atoms with Crippen LogP contribution >= 0.6 is 35.0 Å². The second kappa shape index (κ2) is 5.95. The van der Waals surface area contributed by atoms with Crippen molar-refractivity contribution in [1.82, 2.24) is 4.90 Å². The van der Waals surface area contributed by atoms with Gasteiger partial charge in [0.25, 0.3) is 0 Å². The quantitative estimate of drug-likeness (QED) is 0.775. The first-order valence-corrected chi connectivity index (χ1v) is 8.72. The molecule has 4 nitrogen and oxygen atoms in total. The fraction of sp³-hybridized carbons (Fsp3) is 0.467. The van der Waals surface area contributed by atoms with E-state index in [0.29, 0.717) is 27.8 Å². The minimum Gasteiger partial charge on any atom is -0.459 e. The summed E-state index contributed by atoms with van der Waals surface area (Å²) in [7, 11) is 0. The number of carbonyl (C=O) groups excluding carboxylic acids is 2. The largest absolute Gasteiger partial charge is 0.459 e. The summed E-state index contributed by atoms with van der Waals surface area (Å²) in [5, 5.41) is 0.923. The van der Waals surface area contributed by atoms with Crippen LogP contribution in [0.3, 0.4) is 0 Å². The Morgan fingerprint density at radius 3 is 2.82 bits per heavy atom. The zero-order valence-corrected chi connectivity index (χ0v) is 14.3. The number of halogens is 2. The van der Waals surface area contributed by atoms with Gasteiger partial charge in [0.05, 0.1) is 4.87 Å². The Balaban J connectivity index is 1.69. The van der Waals surface area contributed by atoms with Crippen molar-refractivity contribution in [3.63, 3.8) is 0 Å². The van der Waals surface area contributed by atoms with Crippen LogP contribution < -0.4 is 0 Å².